The van der Waals surface area contributed by atoms with Gasteiger partial charge in [-0.3, -0.25) is 4.79 Å². The number of carbonyl (C=O) groups excluding carboxylic acids is 2. The zero-order valence-corrected chi connectivity index (χ0v) is 12.2. The van der Waals surface area contributed by atoms with Crippen molar-refractivity contribution in [1.82, 2.24) is 0 Å². The Bertz CT molecular complexity index is 489. The summed E-state index contributed by atoms with van der Waals surface area (Å²) >= 11 is 5.81. The van der Waals surface area contributed by atoms with E-state index in [1.165, 1.54) is 13.0 Å². The molecule has 0 aliphatic carbocycles. The van der Waals surface area contributed by atoms with E-state index in [1.54, 1.807) is 32.9 Å². The molecule has 0 spiro atoms. The molecule has 1 aromatic carbocycles. The Kier molecular flexibility index (Phi) is 4.95. The van der Waals surface area contributed by atoms with E-state index in [2.05, 4.69) is 0 Å². The lowest BCUT2D eigenvalue weighted by Crippen LogP contribution is -2.27. The van der Waals surface area contributed by atoms with Crippen molar-refractivity contribution >= 4 is 23.4 Å². The Balaban J connectivity index is 2.73. The minimum Gasteiger partial charge on any atom is -0.481 e. The van der Waals surface area contributed by atoms with Gasteiger partial charge in [0.25, 0.3) is 0 Å². The number of rotatable bonds is 4. The Hall–Kier alpha value is -1.55. The fraction of sp³-hybridized carbons (Fsp3) is 0.429. The second-order valence-electron chi connectivity index (χ2n) is 5.07. The first kappa shape index (κ1) is 15.5. The summed E-state index contributed by atoms with van der Waals surface area (Å²) in [6.07, 6.45) is 0. The molecule has 0 saturated carbocycles. The average molecular weight is 285 g/mol. The van der Waals surface area contributed by atoms with Crippen LogP contribution in [0.15, 0.2) is 18.2 Å². The number of benzene rings is 1. The first-order chi connectivity index (χ1) is 8.69. The maximum atomic E-state index is 11.5. The highest BCUT2D eigenvalue weighted by Gasteiger charge is 2.17. The summed E-state index contributed by atoms with van der Waals surface area (Å²) in [7, 11) is 0. The molecule has 0 radical (unpaired) electrons. The van der Waals surface area contributed by atoms with Gasteiger partial charge in [-0.2, -0.15) is 0 Å². The van der Waals surface area contributed by atoms with Crippen molar-refractivity contribution < 1.29 is 19.1 Å². The van der Waals surface area contributed by atoms with E-state index in [9.17, 15) is 9.59 Å². The van der Waals surface area contributed by atoms with Crippen LogP contribution in [0.1, 0.15) is 38.1 Å². The van der Waals surface area contributed by atoms with Crippen LogP contribution < -0.4 is 4.74 Å². The summed E-state index contributed by atoms with van der Waals surface area (Å²) in [5.74, 6) is -0.346. The predicted molar refractivity (Wildman–Crippen MR) is 72.8 cm³/mol. The highest BCUT2D eigenvalue weighted by Crippen LogP contribution is 2.23. The van der Waals surface area contributed by atoms with E-state index in [0.717, 1.165) is 0 Å². The highest BCUT2D eigenvalue weighted by molar-refractivity contribution is 6.31. The first-order valence-electron chi connectivity index (χ1n) is 5.84. The lowest BCUT2D eigenvalue weighted by Gasteiger charge is -2.19. The summed E-state index contributed by atoms with van der Waals surface area (Å²) < 4.78 is 10.4. The number of Topliss-reactive ketones (excluding diaryl/α,β-unsaturated/α-hetero) is 1. The lowest BCUT2D eigenvalue weighted by molar-refractivity contribution is -0.157. The molecule has 0 N–H and O–H groups in total. The molecule has 1 aromatic rings. The average Bonchev–Trinajstić information content (AvgIpc) is 2.24. The fourth-order valence-electron chi connectivity index (χ4n) is 1.41. The molecule has 4 nitrogen and oxygen atoms in total. The number of hydrogen-bond acceptors (Lipinski definition) is 4. The summed E-state index contributed by atoms with van der Waals surface area (Å²) in [6.45, 7) is 6.47. The Morgan fingerprint density at radius 2 is 1.89 bits per heavy atom. The molecule has 0 heterocycles. The van der Waals surface area contributed by atoms with Gasteiger partial charge in [0.2, 0.25) is 0 Å². The summed E-state index contributed by atoms with van der Waals surface area (Å²) in [5.41, 5.74) is -0.222. The van der Waals surface area contributed by atoms with Crippen LogP contribution in [0.5, 0.6) is 5.75 Å². The van der Waals surface area contributed by atoms with Crippen molar-refractivity contribution in [3.63, 3.8) is 0 Å². The van der Waals surface area contributed by atoms with E-state index < -0.39 is 11.6 Å². The molecule has 0 bridgehead atoms. The minimum absolute atomic E-state index is 0.179. The van der Waals surface area contributed by atoms with Crippen LogP contribution in [0.2, 0.25) is 5.02 Å². The van der Waals surface area contributed by atoms with Crippen LogP contribution in [0.4, 0.5) is 0 Å². The Morgan fingerprint density at radius 3 is 2.42 bits per heavy atom. The molecule has 1 rings (SSSR count). The van der Waals surface area contributed by atoms with E-state index >= 15 is 0 Å². The monoisotopic (exact) mass is 284 g/mol. The second-order valence-corrected chi connectivity index (χ2v) is 5.51. The second kappa shape index (κ2) is 6.06. The summed E-state index contributed by atoms with van der Waals surface area (Å²) in [4.78, 5) is 23.0. The van der Waals surface area contributed by atoms with Gasteiger partial charge < -0.3 is 9.47 Å². The van der Waals surface area contributed by atoms with Crippen molar-refractivity contribution in [3.8, 4) is 5.75 Å². The van der Waals surface area contributed by atoms with Crippen LogP contribution >= 0.6 is 11.6 Å². The molecular formula is C14H17ClO4. The molecule has 0 saturated heterocycles. The Labute approximate surface area is 117 Å². The van der Waals surface area contributed by atoms with E-state index in [0.29, 0.717) is 16.3 Å². The topological polar surface area (TPSA) is 52.6 Å². The summed E-state index contributed by atoms with van der Waals surface area (Å²) in [6, 6.07) is 4.66. The molecule has 0 fully saturated rings. The molecule has 104 valence electrons. The highest BCUT2D eigenvalue weighted by atomic mass is 35.5. The quantitative estimate of drug-likeness (QED) is 0.629. The molecule has 0 atom stereocenters. The molecule has 0 amide bonds. The van der Waals surface area contributed by atoms with Crippen molar-refractivity contribution in [3.05, 3.63) is 28.8 Å². The minimum atomic E-state index is -0.566. The third-order valence-corrected chi connectivity index (χ3v) is 2.32. The molecule has 0 aliphatic rings. The largest absolute Gasteiger partial charge is 0.481 e. The number of hydrogen-bond donors (Lipinski definition) is 0. The van der Waals surface area contributed by atoms with Gasteiger partial charge in [0.1, 0.15) is 11.4 Å². The zero-order valence-electron chi connectivity index (χ0n) is 11.5. The first-order valence-corrected chi connectivity index (χ1v) is 6.22. The van der Waals surface area contributed by atoms with Crippen molar-refractivity contribution in [2.45, 2.75) is 33.3 Å². The van der Waals surface area contributed by atoms with E-state index in [4.69, 9.17) is 21.1 Å². The molecule has 0 unspecified atom stereocenters. The van der Waals surface area contributed by atoms with Crippen LogP contribution in [-0.2, 0) is 9.53 Å². The van der Waals surface area contributed by atoms with Crippen LogP contribution in [0.25, 0.3) is 0 Å². The molecule has 5 heteroatoms. The number of ether oxygens (including phenoxy) is 2. The van der Waals surface area contributed by atoms with Crippen LogP contribution in [-0.4, -0.2) is 24.0 Å². The van der Waals surface area contributed by atoms with Crippen molar-refractivity contribution in [2.24, 2.45) is 0 Å². The normalized spacial score (nSPS) is 11.0. The number of halogens is 1. The molecular weight excluding hydrogens is 268 g/mol. The molecule has 0 aliphatic heterocycles. The summed E-state index contributed by atoms with van der Waals surface area (Å²) in [5, 5.41) is 0.440. The van der Waals surface area contributed by atoms with Gasteiger partial charge in [-0.1, -0.05) is 11.6 Å². The van der Waals surface area contributed by atoms with Crippen LogP contribution in [0.3, 0.4) is 0 Å². The lowest BCUT2D eigenvalue weighted by atomic mass is 10.1. The number of esters is 1. The SMILES string of the molecule is CC(=O)c1cc(Cl)ccc1OCC(=O)OC(C)(C)C. The fourth-order valence-corrected chi connectivity index (χ4v) is 1.58. The van der Waals surface area contributed by atoms with E-state index in [-0.39, 0.29) is 12.4 Å². The van der Waals surface area contributed by atoms with Gasteiger partial charge in [0, 0.05) is 5.02 Å². The van der Waals surface area contributed by atoms with Gasteiger partial charge in [-0.15, -0.1) is 0 Å². The maximum Gasteiger partial charge on any atom is 0.344 e. The maximum absolute atomic E-state index is 11.5. The number of carbonyl (C=O) groups is 2. The van der Waals surface area contributed by atoms with Gasteiger partial charge in [0.05, 0.1) is 5.56 Å². The standard InChI is InChI=1S/C14H17ClO4/c1-9(16)11-7-10(15)5-6-12(11)18-8-13(17)19-14(2,3)4/h5-7H,8H2,1-4H3. The van der Waals surface area contributed by atoms with E-state index in [1.807, 2.05) is 0 Å². The molecule has 19 heavy (non-hydrogen) atoms. The van der Waals surface area contributed by atoms with Gasteiger partial charge in [-0.05, 0) is 45.9 Å². The Morgan fingerprint density at radius 1 is 1.26 bits per heavy atom. The van der Waals surface area contributed by atoms with Gasteiger partial charge >= 0.3 is 5.97 Å². The number of ketones is 1. The third-order valence-electron chi connectivity index (χ3n) is 2.09. The van der Waals surface area contributed by atoms with Crippen molar-refractivity contribution in [1.29, 1.82) is 0 Å². The predicted octanol–water partition coefficient (Wildman–Crippen LogP) is 3.26. The van der Waals surface area contributed by atoms with Crippen LogP contribution in [0, 0.1) is 0 Å². The smallest absolute Gasteiger partial charge is 0.344 e. The van der Waals surface area contributed by atoms with Gasteiger partial charge in [-0.25, -0.2) is 4.79 Å². The molecule has 0 aromatic heterocycles. The third kappa shape index (κ3) is 5.30. The van der Waals surface area contributed by atoms with Crippen molar-refractivity contribution in [2.75, 3.05) is 6.61 Å². The zero-order chi connectivity index (χ0) is 14.6. The van der Waals surface area contributed by atoms with Gasteiger partial charge in [0.15, 0.2) is 12.4 Å².